The van der Waals surface area contributed by atoms with Crippen LogP contribution in [0.3, 0.4) is 0 Å². The van der Waals surface area contributed by atoms with E-state index in [-0.39, 0.29) is 60.3 Å². The Kier molecular flexibility index (Phi) is 4.72. The summed E-state index contributed by atoms with van der Waals surface area (Å²) in [5.41, 5.74) is 6.74. The highest BCUT2D eigenvalue weighted by atomic mass is 19.3. The van der Waals surface area contributed by atoms with E-state index in [0.717, 1.165) is 0 Å². The Bertz CT molecular complexity index is 1510. The topological polar surface area (TPSA) is 120 Å². The summed E-state index contributed by atoms with van der Waals surface area (Å²) in [7, 11) is 0. The van der Waals surface area contributed by atoms with Crippen molar-refractivity contribution in [1.29, 1.82) is 0 Å². The molecule has 0 radical (unpaired) electrons. The quantitative estimate of drug-likeness (QED) is 0.434. The molecule has 36 heavy (non-hydrogen) atoms. The van der Waals surface area contributed by atoms with Crippen LogP contribution in [-0.2, 0) is 10.2 Å². The highest BCUT2D eigenvalue weighted by Gasteiger charge is 2.48. The van der Waals surface area contributed by atoms with Crippen molar-refractivity contribution in [3.8, 4) is 17.4 Å². The number of nitrogens with zero attached hydrogens (tertiary/aromatic N) is 5. The van der Waals surface area contributed by atoms with Crippen molar-refractivity contribution in [2.45, 2.75) is 31.1 Å². The number of hydrogen-bond donors (Lipinski definition) is 2. The Balaban J connectivity index is 1.37. The number of amides is 1. The lowest BCUT2D eigenvalue weighted by Gasteiger charge is -2.34. The predicted octanol–water partition coefficient (Wildman–Crippen LogP) is 3.59. The number of nitrogens with one attached hydrogen (secondary N) is 1. The first-order chi connectivity index (χ1) is 17.1. The van der Waals surface area contributed by atoms with Crippen molar-refractivity contribution in [2.75, 3.05) is 17.7 Å². The summed E-state index contributed by atoms with van der Waals surface area (Å²) in [6.45, 7) is 1.75. The number of ether oxygens (including phenoxy) is 1. The Labute approximate surface area is 202 Å². The van der Waals surface area contributed by atoms with Gasteiger partial charge >= 0.3 is 0 Å². The third-order valence-corrected chi connectivity index (χ3v) is 6.75. The minimum atomic E-state index is -2.64. The van der Waals surface area contributed by atoms with Gasteiger partial charge in [0.25, 0.3) is 5.88 Å². The van der Waals surface area contributed by atoms with Crippen LogP contribution in [0, 0.1) is 11.7 Å². The van der Waals surface area contributed by atoms with E-state index in [4.69, 9.17) is 10.5 Å². The maximum Gasteiger partial charge on any atom is 0.259 e. The predicted molar refractivity (Wildman–Crippen MR) is 123 cm³/mol. The largest absolute Gasteiger partial charge is 0.475 e. The lowest BCUT2D eigenvalue weighted by Crippen LogP contribution is -2.38. The molecule has 9 nitrogen and oxygen atoms in total. The second kappa shape index (κ2) is 7.64. The van der Waals surface area contributed by atoms with Gasteiger partial charge in [0.15, 0.2) is 5.82 Å². The number of nitrogen functional groups attached to an aromatic ring is 1. The first-order valence-electron chi connectivity index (χ1n) is 11.2. The van der Waals surface area contributed by atoms with Crippen LogP contribution >= 0.6 is 0 Å². The number of benzene rings is 1. The number of aromatic nitrogens is 5. The number of halogens is 3. The van der Waals surface area contributed by atoms with E-state index in [1.165, 1.54) is 24.3 Å². The summed E-state index contributed by atoms with van der Waals surface area (Å²) in [6, 6.07) is 5.59. The van der Waals surface area contributed by atoms with Gasteiger partial charge in [0.1, 0.15) is 28.6 Å². The molecule has 4 heterocycles. The van der Waals surface area contributed by atoms with E-state index in [1.54, 1.807) is 29.9 Å². The van der Waals surface area contributed by atoms with E-state index >= 15 is 0 Å². The molecule has 3 aromatic heterocycles. The molecule has 1 aliphatic carbocycles. The molecule has 1 aromatic carbocycles. The normalized spacial score (nSPS) is 20.7. The lowest BCUT2D eigenvalue weighted by molar-refractivity contribution is -0.119. The van der Waals surface area contributed by atoms with Crippen molar-refractivity contribution >= 4 is 23.2 Å². The highest BCUT2D eigenvalue weighted by Crippen LogP contribution is 2.45. The molecule has 0 saturated heterocycles. The maximum absolute atomic E-state index is 13.5. The SMILES string of the molecule is CC1(c2ccc(F)cc2)C(=O)Nc2nc(-c3cn4ccnc4c(OCC4CC(F)(F)C4)n3)nc(N)c21. The summed E-state index contributed by atoms with van der Waals surface area (Å²) in [5, 5.41) is 2.75. The fourth-order valence-corrected chi connectivity index (χ4v) is 4.79. The average Bonchev–Trinajstić information content (AvgIpc) is 3.39. The smallest absolute Gasteiger partial charge is 0.259 e. The van der Waals surface area contributed by atoms with Crippen LogP contribution < -0.4 is 15.8 Å². The van der Waals surface area contributed by atoms with Gasteiger partial charge in [-0.25, -0.2) is 33.1 Å². The second-order valence-corrected chi connectivity index (χ2v) is 9.27. The molecular weight excluding hydrogens is 475 g/mol. The van der Waals surface area contributed by atoms with Crippen LogP contribution in [0.5, 0.6) is 5.88 Å². The number of carbonyl (C=O) groups excluding carboxylic acids is 1. The van der Waals surface area contributed by atoms with E-state index in [0.29, 0.717) is 16.8 Å². The molecule has 1 unspecified atom stereocenters. The molecule has 6 rings (SSSR count). The van der Waals surface area contributed by atoms with Gasteiger partial charge in [0.2, 0.25) is 17.5 Å². The van der Waals surface area contributed by atoms with Crippen molar-refractivity contribution < 1.29 is 22.7 Å². The van der Waals surface area contributed by atoms with Gasteiger partial charge in [-0.1, -0.05) is 12.1 Å². The molecule has 3 N–H and O–H groups in total. The van der Waals surface area contributed by atoms with Gasteiger partial charge in [-0.05, 0) is 24.6 Å². The fourth-order valence-electron chi connectivity index (χ4n) is 4.79. The standard InChI is InChI=1S/C24H20F3N7O2/c1-23(13-2-4-14(25)5-3-13)16-17(28)31-18(32-19(16)33-22(23)35)15-10-34-7-6-29-20(34)21(30-15)36-11-12-8-24(26,27)9-12/h2-7,10,12H,8-9,11H2,1H3,(H3,28,31,32,33,35). The van der Waals surface area contributed by atoms with Gasteiger partial charge in [-0.15, -0.1) is 0 Å². The van der Waals surface area contributed by atoms with Crippen LogP contribution in [0.4, 0.5) is 24.8 Å². The monoisotopic (exact) mass is 495 g/mol. The molecule has 184 valence electrons. The summed E-state index contributed by atoms with van der Waals surface area (Å²) in [4.78, 5) is 30.6. The Morgan fingerprint density at radius 2 is 1.94 bits per heavy atom. The molecule has 4 aromatic rings. The number of rotatable bonds is 5. The molecule has 1 amide bonds. The summed E-state index contributed by atoms with van der Waals surface area (Å²) < 4.78 is 47.3. The zero-order valence-electron chi connectivity index (χ0n) is 19.0. The Morgan fingerprint density at radius 1 is 1.19 bits per heavy atom. The number of nitrogens with two attached hydrogens (primary N) is 1. The number of alkyl halides is 2. The molecule has 2 aliphatic rings. The van der Waals surface area contributed by atoms with Gasteiger partial charge in [0.05, 0.1) is 12.2 Å². The van der Waals surface area contributed by atoms with Crippen LogP contribution in [0.2, 0.25) is 0 Å². The minimum absolute atomic E-state index is 0.0619. The first kappa shape index (κ1) is 22.3. The van der Waals surface area contributed by atoms with Crippen molar-refractivity contribution in [3.63, 3.8) is 0 Å². The zero-order valence-corrected chi connectivity index (χ0v) is 19.0. The zero-order chi connectivity index (χ0) is 25.2. The summed E-state index contributed by atoms with van der Waals surface area (Å²) in [6.07, 6.45) is 4.40. The third-order valence-electron chi connectivity index (χ3n) is 6.75. The number of carbonyl (C=O) groups is 1. The average molecular weight is 495 g/mol. The fraction of sp³-hybridized carbons (Fsp3) is 0.292. The summed E-state index contributed by atoms with van der Waals surface area (Å²) in [5.74, 6) is -3.15. The molecule has 0 bridgehead atoms. The van der Waals surface area contributed by atoms with Crippen LogP contribution in [0.1, 0.15) is 30.9 Å². The maximum atomic E-state index is 13.5. The van der Waals surface area contributed by atoms with Crippen molar-refractivity contribution in [3.05, 3.63) is 59.8 Å². The van der Waals surface area contributed by atoms with E-state index in [9.17, 15) is 18.0 Å². The second-order valence-electron chi connectivity index (χ2n) is 9.27. The first-order valence-corrected chi connectivity index (χ1v) is 11.2. The Morgan fingerprint density at radius 3 is 2.67 bits per heavy atom. The number of anilines is 2. The number of imidazole rings is 1. The van der Waals surface area contributed by atoms with Crippen LogP contribution in [0.25, 0.3) is 17.2 Å². The van der Waals surface area contributed by atoms with E-state index in [1.807, 2.05) is 0 Å². The Hall–Kier alpha value is -4.22. The van der Waals surface area contributed by atoms with Crippen LogP contribution in [0.15, 0.2) is 42.9 Å². The van der Waals surface area contributed by atoms with Gasteiger partial charge < -0.3 is 20.2 Å². The summed E-state index contributed by atoms with van der Waals surface area (Å²) >= 11 is 0. The molecule has 1 saturated carbocycles. The number of hydrogen-bond acceptors (Lipinski definition) is 7. The number of fused-ring (bicyclic) bond motifs is 2. The minimum Gasteiger partial charge on any atom is -0.475 e. The molecule has 1 atom stereocenters. The van der Waals surface area contributed by atoms with Gasteiger partial charge in [-0.3, -0.25) is 4.79 Å². The van der Waals surface area contributed by atoms with Crippen LogP contribution in [-0.4, -0.2) is 42.8 Å². The van der Waals surface area contributed by atoms with Crippen molar-refractivity contribution in [2.24, 2.45) is 5.92 Å². The molecule has 0 spiro atoms. The van der Waals surface area contributed by atoms with E-state index < -0.39 is 17.2 Å². The lowest BCUT2D eigenvalue weighted by atomic mass is 9.78. The molecular formula is C24H20F3N7O2. The highest BCUT2D eigenvalue weighted by molar-refractivity contribution is 6.09. The molecule has 1 fully saturated rings. The van der Waals surface area contributed by atoms with Crippen molar-refractivity contribution in [1.82, 2.24) is 24.3 Å². The molecule has 12 heteroatoms. The van der Waals surface area contributed by atoms with Gasteiger partial charge in [-0.2, -0.15) is 0 Å². The van der Waals surface area contributed by atoms with E-state index in [2.05, 4.69) is 25.3 Å². The van der Waals surface area contributed by atoms with Gasteiger partial charge in [0, 0.05) is 37.4 Å². The molecule has 1 aliphatic heterocycles. The third kappa shape index (κ3) is 3.43.